The molecule has 3 aliphatic rings. The number of hydrogen-bond acceptors (Lipinski definition) is 5. The average molecular weight is 436 g/mol. The predicted octanol–water partition coefficient (Wildman–Crippen LogP) is 2.26. The van der Waals surface area contributed by atoms with Crippen LogP contribution in [0.2, 0.25) is 0 Å². The summed E-state index contributed by atoms with van der Waals surface area (Å²) in [5.74, 6) is 1.30. The molecule has 8 heteroatoms. The standard InChI is InChI=1S/C24H29N5O3/c30-22-19-15-29(24(32)18-6-3-10-25-14-18)13-9-20(19)26-21(27-22)16-7-11-28(12-8-16)23(31)17-4-1-2-5-17/h3,6,10,14,16-17H,1-2,4-5,7-9,11-13,15H2,(H,26,27,30). The number of likely N-dealkylation sites (tertiary alicyclic amines) is 1. The minimum absolute atomic E-state index is 0.119. The molecule has 0 spiro atoms. The van der Waals surface area contributed by atoms with E-state index in [1.807, 2.05) is 4.90 Å². The first-order valence-electron chi connectivity index (χ1n) is 11.7. The van der Waals surface area contributed by atoms with Crippen molar-refractivity contribution < 1.29 is 9.59 Å². The van der Waals surface area contributed by atoms with Crippen LogP contribution >= 0.6 is 0 Å². The Kier molecular flexibility index (Phi) is 5.76. The molecule has 1 N–H and O–H groups in total. The van der Waals surface area contributed by atoms with Crippen LogP contribution in [-0.2, 0) is 17.8 Å². The number of carbonyl (C=O) groups is 2. The van der Waals surface area contributed by atoms with Gasteiger partial charge >= 0.3 is 0 Å². The second-order valence-corrected chi connectivity index (χ2v) is 9.18. The summed E-state index contributed by atoms with van der Waals surface area (Å²) in [6.45, 7) is 2.26. The Balaban J connectivity index is 1.25. The molecule has 32 heavy (non-hydrogen) atoms. The van der Waals surface area contributed by atoms with Crippen LogP contribution in [0.15, 0.2) is 29.3 Å². The van der Waals surface area contributed by atoms with Crippen LogP contribution in [0.25, 0.3) is 0 Å². The van der Waals surface area contributed by atoms with Crippen LogP contribution in [0.1, 0.15) is 71.9 Å². The van der Waals surface area contributed by atoms with Crippen molar-refractivity contribution in [2.45, 2.75) is 57.4 Å². The van der Waals surface area contributed by atoms with Crippen molar-refractivity contribution in [1.82, 2.24) is 24.8 Å². The molecule has 2 aromatic rings. The van der Waals surface area contributed by atoms with E-state index >= 15 is 0 Å². The summed E-state index contributed by atoms with van der Waals surface area (Å²) in [6, 6.07) is 3.47. The fourth-order valence-corrected chi connectivity index (χ4v) is 5.29. The summed E-state index contributed by atoms with van der Waals surface area (Å²) in [6.07, 6.45) is 9.78. The number of carbonyl (C=O) groups excluding carboxylic acids is 2. The van der Waals surface area contributed by atoms with Gasteiger partial charge in [-0.15, -0.1) is 0 Å². The summed E-state index contributed by atoms with van der Waals surface area (Å²) >= 11 is 0. The lowest BCUT2D eigenvalue weighted by Gasteiger charge is -2.34. The zero-order valence-corrected chi connectivity index (χ0v) is 18.3. The lowest BCUT2D eigenvalue weighted by Crippen LogP contribution is -2.42. The van der Waals surface area contributed by atoms with Crippen molar-refractivity contribution in [1.29, 1.82) is 0 Å². The normalized spacial score (nSPS) is 19.8. The summed E-state index contributed by atoms with van der Waals surface area (Å²) in [5.41, 5.74) is 1.74. The number of hydrogen-bond donors (Lipinski definition) is 1. The monoisotopic (exact) mass is 435 g/mol. The second kappa shape index (κ2) is 8.84. The zero-order valence-electron chi connectivity index (χ0n) is 18.3. The molecule has 5 rings (SSSR count). The number of nitrogens with one attached hydrogen (secondary N) is 1. The Hall–Kier alpha value is -3.03. The van der Waals surface area contributed by atoms with Crippen molar-refractivity contribution in [2.75, 3.05) is 19.6 Å². The van der Waals surface area contributed by atoms with Gasteiger partial charge < -0.3 is 14.8 Å². The molecule has 1 saturated carbocycles. The van der Waals surface area contributed by atoms with E-state index < -0.39 is 0 Å². The Labute approximate surface area is 187 Å². The molecular weight excluding hydrogens is 406 g/mol. The molecule has 2 amide bonds. The molecule has 4 heterocycles. The zero-order chi connectivity index (χ0) is 22.1. The molecule has 1 saturated heterocycles. The van der Waals surface area contributed by atoms with Crippen molar-refractivity contribution in [3.63, 3.8) is 0 Å². The maximum atomic E-state index is 12.9. The van der Waals surface area contributed by atoms with Gasteiger partial charge in [0.1, 0.15) is 5.82 Å². The maximum Gasteiger partial charge on any atom is 0.256 e. The first-order chi connectivity index (χ1) is 15.6. The van der Waals surface area contributed by atoms with E-state index in [1.165, 1.54) is 12.8 Å². The van der Waals surface area contributed by atoms with Crippen LogP contribution in [0.4, 0.5) is 0 Å². The predicted molar refractivity (Wildman–Crippen MR) is 118 cm³/mol. The molecule has 2 aliphatic heterocycles. The molecule has 168 valence electrons. The van der Waals surface area contributed by atoms with Gasteiger partial charge in [0.15, 0.2) is 0 Å². The minimum atomic E-state index is -0.154. The van der Waals surface area contributed by atoms with Crippen molar-refractivity contribution >= 4 is 11.8 Å². The summed E-state index contributed by atoms with van der Waals surface area (Å²) in [5, 5.41) is 0. The molecule has 0 bridgehead atoms. The summed E-state index contributed by atoms with van der Waals surface area (Å²) < 4.78 is 0. The SMILES string of the molecule is O=C(c1cccnc1)N1CCc2nc(C3CCN(C(=O)C4CCCC4)CC3)[nH]c(=O)c2C1. The van der Waals surface area contributed by atoms with Gasteiger partial charge in [0.05, 0.1) is 23.4 Å². The van der Waals surface area contributed by atoms with E-state index in [0.717, 1.165) is 50.3 Å². The summed E-state index contributed by atoms with van der Waals surface area (Å²) in [4.78, 5) is 53.8. The highest BCUT2D eigenvalue weighted by molar-refractivity contribution is 5.94. The number of piperidine rings is 1. The lowest BCUT2D eigenvalue weighted by molar-refractivity contribution is -0.136. The largest absolute Gasteiger partial charge is 0.342 e. The topological polar surface area (TPSA) is 99.3 Å². The highest BCUT2D eigenvalue weighted by atomic mass is 16.2. The Bertz CT molecular complexity index is 1050. The molecular formula is C24H29N5O3. The van der Waals surface area contributed by atoms with Crippen molar-refractivity contribution in [3.05, 3.63) is 57.5 Å². The maximum absolute atomic E-state index is 12.9. The Morgan fingerprint density at radius 3 is 2.53 bits per heavy atom. The van der Waals surface area contributed by atoms with Gasteiger partial charge in [-0.2, -0.15) is 0 Å². The first kappa shape index (κ1) is 20.8. The summed E-state index contributed by atoms with van der Waals surface area (Å²) in [7, 11) is 0. The molecule has 2 aromatic heterocycles. The van der Waals surface area contributed by atoms with Gasteiger partial charge in [-0.05, 0) is 37.8 Å². The van der Waals surface area contributed by atoms with E-state index in [1.54, 1.807) is 29.4 Å². The van der Waals surface area contributed by atoms with Crippen LogP contribution in [0.3, 0.4) is 0 Å². The van der Waals surface area contributed by atoms with Gasteiger partial charge in [0.25, 0.3) is 11.5 Å². The molecule has 1 aliphatic carbocycles. The molecule has 0 unspecified atom stereocenters. The molecule has 0 radical (unpaired) electrons. The van der Waals surface area contributed by atoms with Gasteiger partial charge in [0.2, 0.25) is 5.91 Å². The smallest absolute Gasteiger partial charge is 0.256 e. The van der Waals surface area contributed by atoms with E-state index in [9.17, 15) is 14.4 Å². The van der Waals surface area contributed by atoms with E-state index in [0.29, 0.717) is 30.0 Å². The lowest BCUT2D eigenvalue weighted by atomic mass is 9.94. The molecule has 0 aromatic carbocycles. The number of H-pyrrole nitrogens is 1. The molecule has 8 nitrogen and oxygen atoms in total. The van der Waals surface area contributed by atoms with Gasteiger partial charge in [0, 0.05) is 50.3 Å². The highest BCUT2D eigenvalue weighted by Crippen LogP contribution is 2.31. The Morgan fingerprint density at radius 1 is 1.03 bits per heavy atom. The minimum Gasteiger partial charge on any atom is -0.342 e. The number of pyridine rings is 1. The Morgan fingerprint density at radius 2 is 1.81 bits per heavy atom. The highest BCUT2D eigenvalue weighted by Gasteiger charge is 2.32. The van der Waals surface area contributed by atoms with Gasteiger partial charge in [-0.25, -0.2) is 4.98 Å². The van der Waals surface area contributed by atoms with Crippen LogP contribution < -0.4 is 5.56 Å². The van der Waals surface area contributed by atoms with Crippen molar-refractivity contribution in [3.8, 4) is 0 Å². The van der Waals surface area contributed by atoms with Gasteiger partial charge in [-0.1, -0.05) is 12.8 Å². The van der Waals surface area contributed by atoms with Crippen LogP contribution in [-0.4, -0.2) is 56.2 Å². The molecule has 2 fully saturated rings. The second-order valence-electron chi connectivity index (χ2n) is 9.18. The number of amides is 2. The fourth-order valence-electron chi connectivity index (χ4n) is 5.29. The third-order valence-electron chi connectivity index (χ3n) is 7.18. The fraction of sp³-hybridized carbons (Fsp3) is 0.542. The first-order valence-corrected chi connectivity index (χ1v) is 11.7. The molecule has 0 atom stereocenters. The van der Waals surface area contributed by atoms with Gasteiger partial charge in [-0.3, -0.25) is 19.4 Å². The number of nitrogens with zero attached hydrogens (tertiary/aromatic N) is 4. The number of rotatable bonds is 3. The number of aromatic nitrogens is 3. The van der Waals surface area contributed by atoms with E-state index in [2.05, 4.69) is 9.97 Å². The quantitative estimate of drug-likeness (QED) is 0.797. The number of fused-ring (bicyclic) bond motifs is 1. The van der Waals surface area contributed by atoms with Crippen molar-refractivity contribution in [2.24, 2.45) is 5.92 Å². The van der Waals surface area contributed by atoms with E-state index in [-0.39, 0.29) is 29.8 Å². The number of aromatic amines is 1. The average Bonchev–Trinajstić information content (AvgIpc) is 3.39. The third-order valence-corrected chi connectivity index (χ3v) is 7.18. The third kappa shape index (κ3) is 4.06. The van der Waals surface area contributed by atoms with Crippen LogP contribution in [0, 0.1) is 5.92 Å². The van der Waals surface area contributed by atoms with Crippen LogP contribution in [0.5, 0.6) is 0 Å². The van der Waals surface area contributed by atoms with E-state index in [4.69, 9.17) is 4.98 Å².